The third kappa shape index (κ3) is 5.83. The quantitative estimate of drug-likeness (QED) is 0.250. The van der Waals surface area contributed by atoms with E-state index in [0.29, 0.717) is 11.6 Å². The van der Waals surface area contributed by atoms with Gasteiger partial charge in [0.05, 0.1) is 41.2 Å². The molecule has 6 rings (SSSR count). The molecule has 1 N–H and O–H groups in total. The summed E-state index contributed by atoms with van der Waals surface area (Å²) in [7, 11) is -2.26. The number of ether oxygens (including phenoxy) is 2. The van der Waals surface area contributed by atoms with E-state index >= 15 is 4.39 Å². The molecule has 0 bridgehead atoms. The Morgan fingerprint density at radius 3 is 2.56 bits per heavy atom. The number of fused-ring (bicyclic) bond motifs is 1. The highest BCUT2D eigenvalue weighted by atomic mass is 32.2. The molecule has 1 aliphatic carbocycles. The second-order valence-corrected chi connectivity index (χ2v) is 14.0. The van der Waals surface area contributed by atoms with Crippen molar-refractivity contribution in [2.45, 2.75) is 75.6 Å². The molecule has 1 saturated carbocycles. The summed E-state index contributed by atoms with van der Waals surface area (Å²) in [5.74, 6) is 1.71. The number of methoxy groups -OCH3 is 1. The normalized spacial score (nSPS) is 19.7. The molecular formula is C32H36FN5O4S. The number of pyridine rings is 1. The van der Waals surface area contributed by atoms with Gasteiger partial charge in [-0.25, -0.2) is 17.5 Å². The molecule has 2 aromatic heterocycles. The van der Waals surface area contributed by atoms with Crippen molar-refractivity contribution < 1.29 is 22.3 Å². The highest BCUT2D eigenvalue weighted by Gasteiger charge is 2.38. The van der Waals surface area contributed by atoms with E-state index in [2.05, 4.69) is 10.3 Å². The van der Waals surface area contributed by atoms with Crippen molar-refractivity contribution in [1.29, 1.82) is 0 Å². The molecular weight excluding hydrogens is 569 g/mol. The summed E-state index contributed by atoms with van der Waals surface area (Å²) in [6, 6.07) is 15.9. The average Bonchev–Trinajstić information content (AvgIpc) is 3.68. The maximum absolute atomic E-state index is 16.0. The Morgan fingerprint density at radius 1 is 1.07 bits per heavy atom. The van der Waals surface area contributed by atoms with Gasteiger partial charge in [-0.15, -0.1) is 0 Å². The van der Waals surface area contributed by atoms with Gasteiger partial charge in [0, 0.05) is 36.8 Å². The van der Waals surface area contributed by atoms with E-state index in [1.54, 1.807) is 31.6 Å². The van der Waals surface area contributed by atoms with Crippen LogP contribution in [-0.2, 0) is 28.7 Å². The van der Waals surface area contributed by atoms with Crippen LogP contribution in [0.5, 0.6) is 11.5 Å². The van der Waals surface area contributed by atoms with Gasteiger partial charge >= 0.3 is 0 Å². The zero-order valence-corrected chi connectivity index (χ0v) is 25.6. The monoisotopic (exact) mass is 605 g/mol. The lowest BCUT2D eigenvalue weighted by molar-refractivity contribution is 0.207. The van der Waals surface area contributed by atoms with Crippen molar-refractivity contribution in [1.82, 2.24) is 19.1 Å². The maximum Gasteiger partial charge on any atom is 0.244 e. The van der Waals surface area contributed by atoms with Crippen molar-refractivity contribution in [2.75, 3.05) is 12.4 Å². The largest absolute Gasteiger partial charge is 0.497 e. The van der Waals surface area contributed by atoms with Gasteiger partial charge in [-0.05, 0) is 82.0 Å². The van der Waals surface area contributed by atoms with E-state index in [1.807, 2.05) is 55.8 Å². The fourth-order valence-corrected chi connectivity index (χ4v) is 7.43. The molecule has 226 valence electrons. The number of rotatable bonds is 8. The fraction of sp³-hybridized carbons (Fsp3) is 0.375. The van der Waals surface area contributed by atoms with Crippen molar-refractivity contribution >= 4 is 21.5 Å². The number of hydrogen-bond donors (Lipinski definition) is 1. The van der Waals surface area contributed by atoms with Gasteiger partial charge in [0.2, 0.25) is 10.0 Å². The van der Waals surface area contributed by atoms with Gasteiger partial charge in [0.15, 0.2) is 5.82 Å². The molecule has 11 heteroatoms. The second-order valence-electron chi connectivity index (χ2n) is 12.1. The fourth-order valence-electron chi connectivity index (χ4n) is 5.83. The number of nitrogens with zero attached hydrogens (tertiary/aromatic N) is 4. The van der Waals surface area contributed by atoms with Crippen LogP contribution in [0.1, 0.15) is 62.8 Å². The molecule has 2 aliphatic rings. The summed E-state index contributed by atoms with van der Waals surface area (Å²) < 4.78 is 57.1. The van der Waals surface area contributed by atoms with Crippen LogP contribution >= 0.6 is 0 Å². The molecule has 0 amide bonds. The minimum atomic E-state index is -3.84. The van der Waals surface area contributed by atoms with E-state index in [9.17, 15) is 8.42 Å². The first-order chi connectivity index (χ1) is 20.5. The lowest BCUT2D eigenvalue weighted by atomic mass is 10.0. The van der Waals surface area contributed by atoms with Crippen LogP contribution < -0.4 is 14.8 Å². The molecule has 2 atom stereocenters. The number of hydrogen-bond acceptors (Lipinski definition) is 7. The van der Waals surface area contributed by atoms with Crippen molar-refractivity contribution in [3.63, 3.8) is 0 Å². The topological polar surface area (TPSA) is 98.6 Å². The molecule has 3 heterocycles. The van der Waals surface area contributed by atoms with E-state index in [1.165, 1.54) is 16.4 Å². The molecule has 1 aliphatic heterocycles. The summed E-state index contributed by atoms with van der Waals surface area (Å²) >= 11 is 0. The third-order valence-electron chi connectivity index (χ3n) is 8.04. The van der Waals surface area contributed by atoms with E-state index < -0.39 is 15.8 Å². The van der Waals surface area contributed by atoms with Gasteiger partial charge in [0.25, 0.3) is 0 Å². The Labute approximate surface area is 251 Å². The zero-order chi connectivity index (χ0) is 30.4. The lowest BCUT2D eigenvalue weighted by Gasteiger charge is -2.23. The van der Waals surface area contributed by atoms with Crippen molar-refractivity contribution in [3.05, 3.63) is 89.6 Å². The minimum Gasteiger partial charge on any atom is -0.497 e. The first-order valence-corrected chi connectivity index (χ1v) is 15.9. The van der Waals surface area contributed by atoms with E-state index in [-0.39, 0.29) is 46.8 Å². The minimum absolute atomic E-state index is 0.000284. The summed E-state index contributed by atoms with van der Waals surface area (Å²) in [5, 5.41) is 8.18. The second kappa shape index (κ2) is 11.3. The Morgan fingerprint density at radius 2 is 1.86 bits per heavy atom. The van der Waals surface area contributed by atoms with Gasteiger partial charge in [-0.1, -0.05) is 12.1 Å². The molecule has 0 unspecified atom stereocenters. The van der Waals surface area contributed by atoms with E-state index in [0.717, 1.165) is 36.3 Å². The summed E-state index contributed by atoms with van der Waals surface area (Å²) in [5.41, 5.74) is 1.70. The number of anilines is 2. The Bertz CT molecular complexity index is 1720. The predicted molar refractivity (Wildman–Crippen MR) is 162 cm³/mol. The third-order valence-corrected chi connectivity index (χ3v) is 9.91. The van der Waals surface area contributed by atoms with Crippen LogP contribution in [-0.4, -0.2) is 40.7 Å². The van der Waals surface area contributed by atoms with Crippen LogP contribution in [0.4, 0.5) is 15.9 Å². The van der Waals surface area contributed by atoms with E-state index in [4.69, 9.17) is 14.6 Å². The molecule has 4 aromatic rings. The highest BCUT2D eigenvalue weighted by Crippen LogP contribution is 2.40. The molecule has 0 spiro atoms. The van der Waals surface area contributed by atoms with Gasteiger partial charge in [-0.3, -0.25) is 4.98 Å². The average molecular weight is 606 g/mol. The van der Waals surface area contributed by atoms with Crippen molar-refractivity contribution in [3.8, 4) is 11.5 Å². The molecule has 0 radical (unpaired) electrons. The summed E-state index contributed by atoms with van der Waals surface area (Å²) in [4.78, 5) is 4.13. The SMILES string of the molecule is COc1ccc(CN2Cc3c(ccc(Nc4cc([C@H]5CC[C@@H](Oc6cccnc6)C5)nn4C(C)(C)C)c3F)S2(=O)=O)cc1. The predicted octanol–water partition coefficient (Wildman–Crippen LogP) is 6.34. The summed E-state index contributed by atoms with van der Waals surface area (Å²) in [6.07, 6.45) is 6.18. The standard InChI is InChI=1S/C32H36FN5O4S/c1-32(2,3)38-30(17-28(36-38)22-9-12-24(16-22)42-25-6-5-15-34-18-25)35-27-13-14-29-26(31(27)33)20-37(43(29,39)40)19-21-7-10-23(41-4)11-8-21/h5-8,10-11,13-15,17-18,22,24,35H,9,12,16,19-20H2,1-4H3/t22-,24+/m0/s1. The molecule has 9 nitrogen and oxygen atoms in total. The Kier molecular flexibility index (Phi) is 7.64. The van der Waals surface area contributed by atoms with Crippen LogP contribution in [0.15, 0.2) is 71.9 Å². The summed E-state index contributed by atoms with van der Waals surface area (Å²) in [6.45, 7) is 6.22. The number of nitrogens with one attached hydrogen (secondary N) is 1. The van der Waals surface area contributed by atoms with Crippen LogP contribution in [0.25, 0.3) is 0 Å². The number of benzene rings is 2. The van der Waals surface area contributed by atoms with Gasteiger partial charge in [0.1, 0.15) is 17.3 Å². The molecule has 43 heavy (non-hydrogen) atoms. The number of sulfonamides is 1. The van der Waals surface area contributed by atoms with Crippen LogP contribution in [0.2, 0.25) is 0 Å². The maximum atomic E-state index is 16.0. The van der Waals surface area contributed by atoms with Gasteiger partial charge < -0.3 is 14.8 Å². The van der Waals surface area contributed by atoms with Crippen molar-refractivity contribution in [2.24, 2.45) is 0 Å². The van der Waals surface area contributed by atoms with Gasteiger partial charge in [-0.2, -0.15) is 9.40 Å². The first kappa shape index (κ1) is 29.1. The Balaban J connectivity index is 1.22. The molecule has 0 saturated heterocycles. The lowest BCUT2D eigenvalue weighted by Crippen LogP contribution is -2.25. The first-order valence-electron chi connectivity index (χ1n) is 14.4. The Hall–Kier alpha value is -3.96. The highest BCUT2D eigenvalue weighted by molar-refractivity contribution is 7.89. The smallest absolute Gasteiger partial charge is 0.244 e. The molecule has 1 fully saturated rings. The zero-order valence-electron chi connectivity index (χ0n) is 24.7. The van der Waals surface area contributed by atoms with Crippen LogP contribution in [0, 0.1) is 5.82 Å². The van der Waals surface area contributed by atoms with Crippen LogP contribution in [0.3, 0.4) is 0 Å². The number of aromatic nitrogens is 3. The number of halogens is 1. The molecule has 2 aromatic carbocycles.